The molecule has 0 aromatic carbocycles. The van der Waals surface area contributed by atoms with E-state index in [1.54, 1.807) is 7.11 Å². The minimum Gasteiger partial charge on any atom is -0.396 e. The number of hydrogen-bond acceptors (Lipinski definition) is 3. The average Bonchev–Trinajstić information content (AvgIpc) is 2.11. The highest BCUT2D eigenvalue weighted by Crippen LogP contribution is 2.10. The van der Waals surface area contributed by atoms with Crippen molar-refractivity contribution in [2.75, 3.05) is 26.9 Å². The number of ether oxygens (including phenoxy) is 1. The summed E-state index contributed by atoms with van der Waals surface area (Å²) in [4.78, 5) is 11.1. The molecule has 0 saturated heterocycles. The van der Waals surface area contributed by atoms with Gasteiger partial charge in [0.2, 0.25) is 5.91 Å². The number of amides is 1. The van der Waals surface area contributed by atoms with Gasteiger partial charge in [-0.05, 0) is 0 Å². The van der Waals surface area contributed by atoms with Crippen LogP contribution in [-0.4, -0.2) is 37.9 Å². The van der Waals surface area contributed by atoms with Gasteiger partial charge >= 0.3 is 0 Å². The first-order chi connectivity index (χ1) is 6.02. The molecule has 13 heavy (non-hydrogen) atoms. The van der Waals surface area contributed by atoms with Crippen molar-refractivity contribution in [2.45, 2.75) is 20.3 Å². The van der Waals surface area contributed by atoms with Crippen LogP contribution in [0.4, 0.5) is 0 Å². The lowest BCUT2D eigenvalue weighted by Crippen LogP contribution is -2.36. The van der Waals surface area contributed by atoms with Crippen LogP contribution in [0.15, 0.2) is 0 Å². The fourth-order valence-electron chi connectivity index (χ4n) is 0.677. The highest BCUT2D eigenvalue weighted by atomic mass is 16.5. The largest absolute Gasteiger partial charge is 0.396 e. The molecule has 0 aliphatic carbocycles. The van der Waals surface area contributed by atoms with Gasteiger partial charge in [-0.25, -0.2) is 0 Å². The fraction of sp³-hybridized carbons (Fsp3) is 0.889. The molecule has 0 aromatic rings. The van der Waals surface area contributed by atoms with Gasteiger partial charge in [0.25, 0.3) is 0 Å². The van der Waals surface area contributed by atoms with Crippen molar-refractivity contribution in [3.8, 4) is 0 Å². The van der Waals surface area contributed by atoms with Gasteiger partial charge in [0.1, 0.15) is 0 Å². The van der Waals surface area contributed by atoms with Crippen molar-refractivity contribution < 1.29 is 14.6 Å². The molecule has 4 nitrogen and oxygen atoms in total. The first kappa shape index (κ1) is 12.4. The van der Waals surface area contributed by atoms with Crippen LogP contribution in [0.3, 0.4) is 0 Å². The van der Waals surface area contributed by atoms with Gasteiger partial charge in [0.15, 0.2) is 0 Å². The first-order valence-electron chi connectivity index (χ1n) is 4.38. The smallest absolute Gasteiger partial charge is 0.222 e. The third kappa shape index (κ3) is 6.54. The van der Waals surface area contributed by atoms with E-state index in [1.807, 2.05) is 13.8 Å². The number of aliphatic hydroxyl groups excluding tert-OH is 1. The molecule has 4 heteroatoms. The minimum atomic E-state index is -0.247. The van der Waals surface area contributed by atoms with Crippen LogP contribution in [0.25, 0.3) is 0 Å². The van der Waals surface area contributed by atoms with Gasteiger partial charge in [-0.15, -0.1) is 0 Å². The van der Waals surface area contributed by atoms with Gasteiger partial charge in [0, 0.05) is 32.1 Å². The van der Waals surface area contributed by atoms with Gasteiger partial charge in [-0.3, -0.25) is 4.79 Å². The fourth-order valence-corrected chi connectivity index (χ4v) is 0.677. The number of carbonyl (C=O) groups excluding carboxylic acids is 1. The lowest BCUT2D eigenvalue weighted by Gasteiger charge is -2.21. The molecule has 0 saturated carbocycles. The topological polar surface area (TPSA) is 58.6 Å². The summed E-state index contributed by atoms with van der Waals surface area (Å²) in [6, 6.07) is 0. The number of carbonyl (C=O) groups is 1. The summed E-state index contributed by atoms with van der Waals surface area (Å²) in [6.45, 7) is 4.78. The van der Waals surface area contributed by atoms with E-state index in [2.05, 4.69) is 5.32 Å². The summed E-state index contributed by atoms with van der Waals surface area (Å²) in [5.41, 5.74) is -0.247. The zero-order valence-corrected chi connectivity index (χ0v) is 8.59. The maximum atomic E-state index is 11.1. The Hall–Kier alpha value is -0.610. The molecule has 0 rings (SSSR count). The second kappa shape index (κ2) is 5.94. The van der Waals surface area contributed by atoms with Crippen molar-refractivity contribution in [1.29, 1.82) is 0 Å². The van der Waals surface area contributed by atoms with E-state index in [4.69, 9.17) is 9.84 Å². The molecule has 0 spiro atoms. The lowest BCUT2D eigenvalue weighted by atomic mass is 9.95. The molecule has 0 aliphatic heterocycles. The maximum absolute atomic E-state index is 11.1. The lowest BCUT2D eigenvalue weighted by molar-refractivity contribution is -0.122. The molecule has 0 heterocycles. The molecule has 0 radical (unpaired) electrons. The SMILES string of the molecule is COCCC(=O)NCC(C)(C)CO. The third-order valence-electron chi connectivity index (χ3n) is 1.73. The summed E-state index contributed by atoms with van der Waals surface area (Å²) in [6.07, 6.45) is 0.373. The Kier molecular flexibility index (Phi) is 5.66. The van der Waals surface area contributed by atoms with Crippen molar-refractivity contribution in [1.82, 2.24) is 5.32 Å². The summed E-state index contributed by atoms with van der Waals surface area (Å²) in [7, 11) is 1.56. The molecule has 78 valence electrons. The highest BCUT2D eigenvalue weighted by Gasteiger charge is 2.16. The molecule has 0 aliphatic rings. The predicted molar refractivity (Wildman–Crippen MR) is 50.4 cm³/mol. The van der Waals surface area contributed by atoms with Crippen LogP contribution < -0.4 is 5.32 Å². The Balaban J connectivity index is 3.57. The predicted octanol–water partition coefficient (Wildman–Crippen LogP) is 0.158. The highest BCUT2D eigenvalue weighted by molar-refractivity contribution is 5.75. The molecular weight excluding hydrogens is 170 g/mol. The van der Waals surface area contributed by atoms with Gasteiger partial charge in [-0.2, -0.15) is 0 Å². The molecular formula is C9H19NO3. The van der Waals surface area contributed by atoms with E-state index < -0.39 is 0 Å². The zero-order valence-electron chi connectivity index (χ0n) is 8.59. The molecule has 0 fully saturated rings. The summed E-state index contributed by atoms with van der Waals surface area (Å²) >= 11 is 0. The third-order valence-corrected chi connectivity index (χ3v) is 1.73. The molecule has 1 amide bonds. The Morgan fingerprint density at radius 1 is 1.54 bits per heavy atom. The standard InChI is InChI=1S/C9H19NO3/c1-9(2,7-11)6-10-8(12)4-5-13-3/h11H,4-7H2,1-3H3,(H,10,12). The van der Waals surface area contributed by atoms with Crippen LogP contribution in [0.2, 0.25) is 0 Å². The van der Waals surface area contributed by atoms with E-state index in [-0.39, 0.29) is 17.9 Å². The average molecular weight is 189 g/mol. The van der Waals surface area contributed by atoms with E-state index in [9.17, 15) is 4.79 Å². The van der Waals surface area contributed by atoms with Crippen molar-refractivity contribution in [3.05, 3.63) is 0 Å². The van der Waals surface area contributed by atoms with Crippen LogP contribution in [0.5, 0.6) is 0 Å². The number of hydrogen-bond donors (Lipinski definition) is 2. The summed E-state index contributed by atoms with van der Waals surface area (Å²) in [5, 5.41) is 11.6. The Morgan fingerprint density at radius 2 is 2.15 bits per heavy atom. The van der Waals surface area contributed by atoms with E-state index in [0.29, 0.717) is 19.6 Å². The number of methoxy groups -OCH3 is 1. The second-order valence-corrected chi connectivity index (χ2v) is 3.84. The monoisotopic (exact) mass is 189 g/mol. The van der Waals surface area contributed by atoms with Gasteiger partial charge in [0.05, 0.1) is 6.61 Å². The van der Waals surface area contributed by atoms with E-state index in [1.165, 1.54) is 0 Å². The van der Waals surface area contributed by atoms with Crippen LogP contribution >= 0.6 is 0 Å². The molecule has 0 aromatic heterocycles. The number of aliphatic hydroxyl groups is 1. The molecule has 0 unspecified atom stereocenters. The molecule has 0 bridgehead atoms. The van der Waals surface area contributed by atoms with E-state index >= 15 is 0 Å². The molecule has 0 atom stereocenters. The molecule has 2 N–H and O–H groups in total. The summed E-state index contributed by atoms with van der Waals surface area (Å²) in [5.74, 6) is -0.0385. The first-order valence-corrected chi connectivity index (χ1v) is 4.38. The minimum absolute atomic E-state index is 0.0385. The quantitative estimate of drug-likeness (QED) is 0.625. The van der Waals surface area contributed by atoms with Gasteiger partial charge in [-0.1, -0.05) is 13.8 Å². The van der Waals surface area contributed by atoms with Crippen LogP contribution in [0.1, 0.15) is 20.3 Å². The van der Waals surface area contributed by atoms with Crippen LogP contribution in [-0.2, 0) is 9.53 Å². The maximum Gasteiger partial charge on any atom is 0.222 e. The van der Waals surface area contributed by atoms with Crippen molar-refractivity contribution >= 4 is 5.91 Å². The van der Waals surface area contributed by atoms with Crippen molar-refractivity contribution in [2.24, 2.45) is 5.41 Å². The Labute approximate surface area is 79.3 Å². The normalized spacial score (nSPS) is 11.4. The Bertz CT molecular complexity index is 157. The Morgan fingerprint density at radius 3 is 2.62 bits per heavy atom. The zero-order chi connectivity index (χ0) is 10.3. The second-order valence-electron chi connectivity index (χ2n) is 3.84. The van der Waals surface area contributed by atoms with Gasteiger partial charge < -0.3 is 15.2 Å². The van der Waals surface area contributed by atoms with Crippen LogP contribution in [0, 0.1) is 5.41 Å². The van der Waals surface area contributed by atoms with Crippen molar-refractivity contribution in [3.63, 3.8) is 0 Å². The van der Waals surface area contributed by atoms with E-state index in [0.717, 1.165) is 0 Å². The number of rotatable bonds is 6. The number of nitrogens with one attached hydrogen (secondary N) is 1. The summed E-state index contributed by atoms with van der Waals surface area (Å²) < 4.78 is 4.76.